The van der Waals surface area contributed by atoms with E-state index in [0.717, 1.165) is 35.1 Å². The molecule has 0 spiro atoms. The molecule has 1 heterocycles. The molecule has 1 atom stereocenters. The van der Waals surface area contributed by atoms with E-state index in [9.17, 15) is 0 Å². The summed E-state index contributed by atoms with van der Waals surface area (Å²) in [4.78, 5) is 0. The molecule has 0 bridgehead atoms. The fourth-order valence-electron chi connectivity index (χ4n) is 2.02. The van der Waals surface area contributed by atoms with Crippen molar-refractivity contribution in [1.29, 1.82) is 0 Å². The summed E-state index contributed by atoms with van der Waals surface area (Å²) in [5.74, 6) is 0. The Hall–Kier alpha value is 0.1000. The summed E-state index contributed by atoms with van der Waals surface area (Å²) in [5, 5.41) is 3.46. The van der Waals surface area contributed by atoms with Gasteiger partial charge in [-0.15, -0.1) is 0 Å². The normalized spacial score (nSPS) is 19.8. The van der Waals surface area contributed by atoms with Crippen LogP contribution in [-0.2, 0) is 11.3 Å². The quantitative estimate of drug-likeness (QED) is 0.803. The number of hydrogen-bond acceptors (Lipinski definition) is 2. The maximum absolute atomic E-state index is 5.59. The molecule has 1 fully saturated rings. The highest BCUT2D eigenvalue weighted by Gasteiger charge is 2.14. The molecule has 0 aliphatic carbocycles. The summed E-state index contributed by atoms with van der Waals surface area (Å²) in [6.45, 7) is 2.89. The zero-order chi connectivity index (χ0) is 12.1. The lowest BCUT2D eigenvalue weighted by Crippen LogP contribution is -2.19. The van der Waals surface area contributed by atoms with Crippen LogP contribution in [0.2, 0.25) is 0 Å². The van der Waals surface area contributed by atoms with Crippen molar-refractivity contribution in [3.63, 3.8) is 0 Å². The number of ether oxygens (including phenoxy) is 1. The Kier molecular flexibility index (Phi) is 5.48. The second kappa shape index (κ2) is 6.88. The molecular weight excluding hydrogens is 346 g/mol. The van der Waals surface area contributed by atoms with Gasteiger partial charge in [0.25, 0.3) is 0 Å². The van der Waals surface area contributed by atoms with Crippen molar-refractivity contribution in [2.24, 2.45) is 0 Å². The molecule has 4 heteroatoms. The first-order valence-electron chi connectivity index (χ1n) is 6.02. The molecule has 1 aliphatic rings. The van der Waals surface area contributed by atoms with Gasteiger partial charge in [0.2, 0.25) is 0 Å². The Morgan fingerprint density at radius 3 is 2.88 bits per heavy atom. The third kappa shape index (κ3) is 4.36. The largest absolute Gasteiger partial charge is 0.378 e. The molecule has 2 rings (SSSR count). The van der Waals surface area contributed by atoms with E-state index in [1.165, 1.54) is 18.4 Å². The molecule has 0 radical (unpaired) electrons. The predicted molar refractivity (Wildman–Crippen MR) is 77.1 cm³/mol. The first-order valence-corrected chi connectivity index (χ1v) is 7.60. The minimum absolute atomic E-state index is 0.485. The first-order chi connectivity index (χ1) is 8.25. The van der Waals surface area contributed by atoms with Crippen LogP contribution in [0.25, 0.3) is 0 Å². The Morgan fingerprint density at radius 1 is 1.29 bits per heavy atom. The fraction of sp³-hybridized carbons (Fsp3) is 0.538. The number of halogens is 2. The maximum Gasteiger partial charge on any atom is 0.0588 e. The van der Waals surface area contributed by atoms with Gasteiger partial charge in [-0.25, -0.2) is 0 Å². The van der Waals surface area contributed by atoms with Gasteiger partial charge in [-0.1, -0.05) is 6.07 Å². The van der Waals surface area contributed by atoms with Crippen LogP contribution >= 0.6 is 31.9 Å². The third-order valence-corrected chi connectivity index (χ3v) is 4.86. The molecule has 0 saturated carbocycles. The van der Waals surface area contributed by atoms with E-state index in [2.05, 4.69) is 55.4 Å². The van der Waals surface area contributed by atoms with Gasteiger partial charge in [0, 0.05) is 22.1 Å². The Morgan fingerprint density at radius 2 is 2.18 bits per heavy atom. The lowest BCUT2D eigenvalue weighted by atomic mass is 10.2. The van der Waals surface area contributed by atoms with Gasteiger partial charge in [0.05, 0.1) is 6.10 Å². The van der Waals surface area contributed by atoms with E-state index < -0.39 is 0 Å². The van der Waals surface area contributed by atoms with E-state index in [1.807, 2.05) is 0 Å². The lowest BCUT2D eigenvalue weighted by Gasteiger charge is -2.10. The zero-order valence-electron chi connectivity index (χ0n) is 9.72. The van der Waals surface area contributed by atoms with Gasteiger partial charge in [0.15, 0.2) is 0 Å². The summed E-state index contributed by atoms with van der Waals surface area (Å²) >= 11 is 6.99. The van der Waals surface area contributed by atoms with Gasteiger partial charge >= 0.3 is 0 Å². The van der Waals surface area contributed by atoms with E-state index in [4.69, 9.17) is 4.74 Å². The van der Waals surface area contributed by atoms with Crippen molar-refractivity contribution >= 4 is 31.9 Å². The summed E-state index contributed by atoms with van der Waals surface area (Å²) in [5.41, 5.74) is 1.30. The van der Waals surface area contributed by atoms with Gasteiger partial charge < -0.3 is 10.1 Å². The second-order valence-corrected chi connectivity index (χ2v) is 6.06. The zero-order valence-corrected chi connectivity index (χ0v) is 12.9. The average molecular weight is 363 g/mol. The van der Waals surface area contributed by atoms with Crippen molar-refractivity contribution in [2.45, 2.75) is 31.9 Å². The van der Waals surface area contributed by atoms with Crippen LogP contribution < -0.4 is 5.32 Å². The van der Waals surface area contributed by atoms with Crippen molar-refractivity contribution in [1.82, 2.24) is 5.32 Å². The smallest absolute Gasteiger partial charge is 0.0588 e. The number of rotatable bonds is 5. The van der Waals surface area contributed by atoms with Gasteiger partial charge in [-0.2, -0.15) is 0 Å². The van der Waals surface area contributed by atoms with Crippen LogP contribution in [0.5, 0.6) is 0 Å². The molecule has 1 saturated heterocycles. The highest BCUT2D eigenvalue weighted by molar-refractivity contribution is 9.13. The summed E-state index contributed by atoms with van der Waals surface area (Å²) in [7, 11) is 0. The molecular formula is C13H17Br2NO. The average Bonchev–Trinajstić information content (AvgIpc) is 2.82. The Balaban J connectivity index is 1.68. The first kappa shape index (κ1) is 13.5. The monoisotopic (exact) mass is 361 g/mol. The number of benzene rings is 1. The molecule has 0 amide bonds. The summed E-state index contributed by atoms with van der Waals surface area (Å²) < 4.78 is 7.79. The highest BCUT2D eigenvalue weighted by Crippen LogP contribution is 2.23. The highest BCUT2D eigenvalue weighted by atomic mass is 79.9. The van der Waals surface area contributed by atoms with Crippen LogP contribution in [0.4, 0.5) is 0 Å². The minimum Gasteiger partial charge on any atom is -0.378 e. The summed E-state index contributed by atoms with van der Waals surface area (Å²) in [6.07, 6.45) is 4.06. The Labute approximate surface area is 119 Å². The molecule has 0 aromatic heterocycles. The van der Waals surface area contributed by atoms with Gasteiger partial charge in [0.1, 0.15) is 0 Å². The van der Waals surface area contributed by atoms with Crippen LogP contribution in [0.3, 0.4) is 0 Å². The van der Waals surface area contributed by atoms with Crippen molar-refractivity contribution in [3.8, 4) is 0 Å². The van der Waals surface area contributed by atoms with Crippen LogP contribution in [0, 0.1) is 0 Å². The predicted octanol–water partition coefficient (Wildman–Crippen LogP) is 3.87. The van der Waals surface area contributed by atoms with Crippen LogP contribution in [0.15, 0.2) is 27.1 Å². The SMILES string of the molecule is Brc1ccc(CNCCC2CCCO2)cc1Br. The molecule has 2 nitrogen and oxygen atoms in total. The molecule has 1 aliphatic heterocycles. The molecule has 17 heavy (non-hydrogen) atoms. The van der Waals surface area contributed by atoms with E-state index in [-0.39, 0.29) is 0 Å². The van der Waals surface area contributed by atoms with E-state index in [0.29, 0.717) is 6.10 Å². The van der Waals surface area contributed by atoms with Crippen molar-refractivity contribution in [2.75, 3.05) is 13.2 Å². The molecule has 1 unspecified atom stereocenters. The molecule has 1 aromatic rings. The third-order valence-electron chi connectivity index (χ3n) is 2.98. The summed E-state index contributed by atoms with van der Waals surface area (Å²) in [6, 6.07) is 6.35. The van der Waals surface area contributed by atoms with Gasteiger partial charge in [-0.3, -0.25) is 0 Å². The van der Waals surface area contributed by atoms with E-state index >= 15 is 0 Å². The van der Waals surface area contributed by atoms with Crippen LogP contribution in [0.1, 0.15) is 24.8 Å². The van der Waals surface area contributed by atoms with Crippen molar-refractivity contribution in [3.05, 3.63) is 32.7 Å². The molecule has 94 valence electrons. The van der Waals surface area contributed by atoms with E-state index in [1.54, 1.807) is 0 Å². The van der Waals surface area contributed by atoms with Gasteiger partial charge in [-0.05, 0) is 75.4 Å². The topological polar surface area (TPSA) is 21.3 Å². The number of hydrogen-bond donors (Lipinski definition) is 1. The van der Waals surface area contributed by atoms with Crippen molar-refractivity contribution < 1.29 is 4.74 Å². The molecule has 1 aromatic carbocycles. The molecule has 1 N–H and O–H groups in total. The Bertz CT molecular complexity index is 364. The second-order valence-electron chi connectivity index (χ2n) is 4.35. The number of nitrogens with one attached hydrogen (secondary N) is 1. The fourth-order valence-corrected chi connectivity index (χ4v) is 2.69. The van der Waals surface area contributed by atoms with Crippen LogP contribution in [-0.4, -0.2) is 19.3 Å². The lowest BCUT2D eigenvalue weighted by molar-refractivity contribution is 0.104. The maximum atomic E-state index is 5.59. The minimum atomic E-state index is 0.485. The standard InChI is InChI=1S/C13H17Br2NO/c14-12-4-3-10(8-13(12)15)9-16-6-5-11-2-1-7-17-11/h3-4,8,11,16H,1-2,5-7,9H2.